The maximum Gasteiger partial charge on any atom is 0.107 e. The van der Waals surface area contributed by atoms with Crippen LogP contribution in [0.1, 0.15) is 21.2 Å². The predicted octanol–water partition coefficient (Wildman–Crippen LogP) is 3.24. The van der Waals surface area contributed by atoms with Gasteiger partial charge < -0.3 is 4.74 Å². The van der Waals surface area contributed by atoms with Crippen molar-refractivity contribution < 1.29 is 4.74 Å². The van der Waals surface area contributed by atoms with E-state index in [0.717, 1.165) is 52.5 Å². The van der Waals surface area contributed by atoms with Crippen LogP contribution in [0.5, 0.6) is 0 Å². The van der Waals surface area contributed by atoms with Gasteiger partial charge in [0.05, 0.1) is 19.8 Å². The van der Waals surface area contributed by atoms with E-state index in [-0.39, 0.29) is 0 Å². The summed E-state index contributed by atoms with van der Waals surface area (Å²) in [7, 11) is 0. The molecule has 2 saturated heterocycles. The number of hydrogen-bond acceptors (Lipinski definition) is 6. The van der Waals surface area contributed by atoms with Crippen molar-refractivity contribution in [2.24, 2.45) is 5.41 Å². The van der Waals surface area contributed by atoms with Crippen LogP contribution in [0.2, 0.25) is 0 Å². The zero-order valence-corrected chi connectivity index (χ0v) is 15.9. The lowest BCUT2D eigenvalue weighted by molar-refractivity contribution is 0.0706. The molecule has 2 aromatic heterocycles. The van der Waals surface area contributed by atoms with Gasteiger partial charge in [0.2, 0.25) is 0 Å². The second kappa shape index (κ2) is 7.22. The first-order valence-electron chi connectivity index (χ1n) is 8.67. The van der Waals surface area contributed by atoms with Crippen molar-refractivity contribution in [3.8, 4) is 0 Å². The fraction of sp³-hybridized carbons (Fsp3) is 0.611. The Morgan fingerprint density at radius 1 is 1.21 bits per heavy atom. The number of rotatable bonds is 4. The quantitative estimate of drug-likeness (QED) is 0.834. The molecule has 2 aromatic rings. The van der Waals surface area contributed by atoms with Crippen LogP contribution in [0.25, 0.3) is 0 Å². The van der Waals surface area contributed by atoms with Crippen LogP contribution in [0.4, 0.5) is 0 Å². The summed E-state index contributed by atoms with van der Waals surface area (Å²) in [5, 5.41) is 3.30. The number of likely N-dealkylation sites (tertiary alicyclic amines) is 1. The van der Waals surface area contributed by atoms with E-state index in [4.69, 9.17) is 4.74 Å². The molecule has 0 aromatic carbocycles. The third-order valence-corrected chi connectivity index (χ3v) is 6.80. The number of aromatic nitrogens is 1. The first-order valence-corrected chi connectivity index (χ1v) is 10.4. The molecular formula is C18H25N3OS2. The summed E-state index contributed by atoms with van der Waals surface area (Å²) in [5.41, 5.74) is 0.292. The topological polar surface area (TPSA) is 28.6 Å². The predicted molar refractivity (Wildman–Crippen MR) is 99.6 cm³/mol. The molecule has 130 valence electrons. The van der Waals surface area contributed by atoms with Crippen LogP contribution < -0.4 is 0 Å². The summed E-state index contributed by atoms with van der Waals surface area (Å²) in [6, 6.07) is 4.51. The minimum atomic E-state index is 0.292. The van der Waals surface area contributed by atoms with Crippen LogP contribution in [0, 0.1) is 12.3 Å². The van der Waals surface area contributed by atoms with Crippen molar-refractivity contribution in [3.63, 3.8) is 0 Å². The molecule has 0 amide bonds. The molecule has 4 heterocycles. The largest absolute Gasteiger partial charge is 0.379 e. The van der Waals surface area contributed by atoms with E-state index >= 15 is 0 Å². The molecule has 4 nitrogen and oxygen atoms in total. The normalized spacial score (nSPS) is 26.2. The highest BCUT2D eigenvalue weighted by atomic mass is 32.1. The summed E-state index contributed by atoms with van der Waals surface area (Å²) in [6.45, 7) is 10.5. The maximum atomic E-state index is 6.01. The highest BCUT2D eigenvalue weighted by Crippen LogP contribution is 2.35. The van der Waals surface area contributed by atoms with E-state index in [9.17, 15) is 0 Å². The third-order valence-electron chi connectivity index (χ3n) is 5.05. The van der Waals surface area contributed by atoms with Gasteiger partial charge in [-0.25, -0.2) is 4.98 Å². The van der Waals surface area contributed by atoms with Gasteiger partial charge in [0, 0.05) is 52.9 Å². The van der Waals surface area contributed by atoms with Crippen LogP contribution in [0.15, 0.2) is 23.7 Å². The van der Waals surface area contributed by atoms with Gasteiger partial charge in [-0.3, -0.25) is 9.80 Å². The lowest BCUT2D eigenvalue weighted by Gasteiger charge is -2.31. The van der Waals surface area contributed by atoms with Crippen molar-refractivity contribution in [3.05, 3.63) is 38.5 Å². The molecule has 0 aliphatic carbocycles. The molecule has 1 atom stereocenters. The number of nitrogens with zero attached hydrogens (tertiary/aromatic N) is 3. The van der Waals surface area contributed by atoms with Crippen LogP contribution >= 0.6 is 22.7 Å². The Labute approximate surface area is 152 Å². The van der Waals surface area contributed by atoms with Crippen LogP contribution in [-0.4, -0.2) is 54.2 Å². The van der Waals surface area contributed by atoms with Gasteiger partial charge in [-0.05, 0) is 32.0 Å². The smallest absolute Gasteiger partial charge is 0.107 e. The number of hydrogen-bond donors (Lipinski definition) is 0. The molecular weight excluding hydrogens is 338 g/mol. The summed E-state index contributed by atoms with van der Waals surface area (Å²) in [6.07, 6.45) is 3.14. The van der Waals surface area contributed by atoms with Crippen molar-refractivity contribution in [2.75, 3.05) is 39.4 Å². The molecule has 0 radical (unpaired) electrons. The SMILES string of the molecule is Cc1ccc(CN2CCOC[C@@]3(CCN(Cc4nccs4)C3)C2)s1. The lowest BCUT2D eigenvalue weighted by atomic mass is 9.87. The van der Waals surface area contributed by atoms with E-state index in [1.54, 1.807) is 11.3 Å². The molecule has 2 fully saturated rings. The molecule has 1 spiro atoms. The zero-order valence-electron chi connectivity index (χ0n) is 14.2. The van der Waals surface area contributed by atoms with Crippen LogP contribution in [0.3, 0.4) is 0 Å². The van der Waals surface area contributed by atoms with Crippen molar-refractivity contribution in [1.29, 1.82) is 0 Å². The number of thiazole rings is 1. The molecule has 24 heavy (non-hydrogen) atoms. The van der Waals surface area contributed by atoms with Gasteiger partial charge in [0.15, 0.2) is 0 Å². The molecule has 0 N–H and O–H groups in total. The van der Waals surface area contributed by atoms with E-state index in [2.05, 4.69) is 39.2 Å². The highest BCUT2D eigenvalue weighted by molar-refractivity contribution is 7.11. The number of thiophene rings is 1. The molecule has 2 aliphatic heterocycles. The fourth-order valence-corrected chi connectivity index (χ4v) is 5.53. The summed E-state index contributed by atoms with van der Waals surface area (Å²) in [4.78, 5) is 12.5. The number of ether oxygens (including phenoxy) is 1. The Morgan fingerprint density at radius 3 is 2.83 bits per heavy atom. The molecule has 0 bridgehead atoms. The third kappa shape index (κ3) is 3.89. The molecule has 0 saturated carbocycles. The zero-order chi connectivity index (χ0) is 16.4. The second-order valence-corrected chi connectivity index (χ2v) is 9.51. The standard InChI is InChI=1S/C18H25N3OS2/c1-15-2-3-16(24-15)10-21-7-8-22-14-18(13-21)4-6-20(12-18)11-17-19-5-9-23-17/h2-3,5,9H,4,6-8,10-14H2,1H3/t18-/m1/s1. The average molecular weight is 364 g/mol. The molecule has 0 unspecified atom stereocenters. The van der Waals surface area contributed by atoms with Gasteiger partial charge in [-0.15, -0.1) is 22.7 Å². The molecule has 2 aliphatic rings. The Bertz CT molecular complexity index is 657. The first kappa shape index (κ1) is 16.7. The minimum Gasteiger partial charge on any atom is -0.379 e. The fourth-order valence-electron chi connectivity index (χ4n) is 3.94. The summed E-state index contributed by atoms with van der Waals surface area (Å²) < 4.78 is 6.01. The highest BCUT2D eigenvalue weighted by Gasteiger charge is 2.41. The Hall–Kier alpha value is -0.790. The molecule has 6 heteroatoms. The number of aryl methyl sites for hydroxylation is 1. The van der Waals surface area contributed by atoms with E-state index < -0.39 is 0 Å². The summed E-state index contributed by atoms with van der Waals surface area (Å²) in [5.74, 6) is 0. The van der Waals surface area contributed by atoms with Gasteiger partial charge in [-0.1, -0.05) is 0 Å². The van der Waals surface area contributed by atoms with Crippen LogP contribution in [-0.2, 0) is 17.8 Å². The Morgan fingerprint density at radius 2 is 2.08 bits per heavy atom. The van der Waals surface area contributed by atoms with E-state index in [0.29, 0.717) is 5.41 Å². The average Bonchev–Trinajstić information content (AvgIpc) is 3.25. The van der Waals surface area contributed by atoms with E-state index in [1.165, 1.54) is 21.2 Å². The Balaban J connectivity index is 1.40. The maximum absolute atomic E-state index is 6.01. The second-order valence-electron chi connectivity index (χ2n) is 7.16. The van der Waals surface area contributed by atoms with Gasteiger partial charge in [0.25, 0.3) is 0 Å². The van der Waals surface area contributed by atoms with Gasteiger partial charge >= 0.3 is 0 Å². The lowest BCUT2D eigenvalue weighted by Crippen LogP contribution is -2.40. The van der Waals surface area contributed by atoms with E-state index in [1.807, 2.05) is 17.5 Å². The van der Waals surface area contributed by atoms with Crippen molar-refractivity contribution >= 4 is 22.7 Å². The summed E-state index contributed by atoms with van der Waals surface area (Å²) >= 11 is 3.68. The monoisotopic (exact) mass is 363 g/mol. The van der Waals surface area contributed by atoms with Gasteiger partial charge in [0.1, 0.15) is 5.01 Å². The molecule has 4 rings (SSSR count). The van der Waals surface area contributed by atoms with Crippen molar-refractivity contribution in [2.45, 2.75) is 26.4 Å². The Kier molecular flexibility index (Phi) is 5.01. The minimum absolute atomic E-state index is 0.292. The van der Waals surface area contributed by atoms with Crippen molar-refractivity contribution in [1.82, 2.24) is 14.8 Å². The van der Waals surface area contributed by atoms with Gasteiger partial charge in [-0.2, -0.15) is 0 Å². The first-order chi connectivity index (χ1) is 11.7.